The highest BCUT2D eigenvalue weighted by Crippen LogP contribution is 2.28. The Labute approximate surface area is 139 Å². The van der Waals surface area contributed by atoms with Gasteiger partial charge in [0.25, 0.3) is 5.69 Å². The number of carbonyl (C=O) groups is 1. The van der Waals surface area contributed by atoms with E-state index in [2.05, 4.69) is 10.3 Å². The number of nitrogens with zero attached hydrogens (tertiary/aromatic N) is 2. The fourth-order valence-electron chi connectivity index (χ4n) is 2.15. The molecular formula is C17H19N3O4. The third-order valence-corrected chi connectivity index (χ3v) is 3.09. The number of carbonyl (C=O) groups excluding carboxylic acids is 1. The Bertz CT molecular complexity index is 794. The van der Waals surface area contributed by atoms with Crippen LogP contribution in [0.5, 0.6) is 0 Å². The summed E-state index contributed by atoms with van der Waals surface area (Å²) in [6.45, 7) is 5.66. The van der Waals surface area contributed by atoms with Crippen LogP contribution in [0.25, 0.3) is 16.8 Å². The molecule has 2 aromatic rings. The molecule has 0 saturated heterocycles. The van der Waals surface area contributed by atoms with Crippen molar-refractivity contribution in [2.24, 2.45) is 0 Å². The number of amides is 1. The van der Waals surface area contributed by atoms with Gasteiger partial charge >= 0.3 is 6.09 Å². The zero-order valence-corrected chi connectivity index (χ0v) is 13.8. The van der Waals surface area contributed by atoms with Crippen LogP contribution in [-0.4, -0.2) is 28.1 Å². The lowest BCUT2D eigenvalue weighted by atomic mass is 10.0. The van der Waals surface area contributed by atoms with Crippen molar-refractivity contribution in [2.45, 2.75) is 26.4 Å². The van der Waals surface area contributed by atoms with E-state index in [-0.39, 0.29) is 5.69 Å². The number of nitro groups is 1. The lowest BCUT2D eigenvalue weighted by Gasteiger charge is -2.19. The van der Waals surface area contributed by atoms with E-state index in [4.69, 9.17) is 4.74 Å². The van der Waals surface area contributed by atoms with E-state index < -0.39 is 16.6 Å². The molecule has 126 valence electrons. The number of hydrogen-bond donors (Lipinski definition) is 1. The maximum atomic E-state index is 11.6. The molecule has 0 aliphatic carbocycles. The van der Waals surface area contributed by atoms with Gasteiger partial charge in [-0.1, -0.05) is 12.2 Å². The first kappa shape index (κ1) is 17.4. The van der Waals surface area contributed by atoms with Gasteiger partial charge < -0.3 is 10.1 Å². The summed E-state index contributed by atoms with van der Waals surface area (Å²) in [4.78, 5) is 26.1. The number of non-ortho nitro benzene ring substituents is 1. The Kier molecular flexibility index (Phi) is 5.13. The predicted octanol–water partition coefficient (Wildman–Crippen LogP) is 3.68. The van der Waals surface area contributed by atoms with Gasteiger partial charge in [-0.2, -0.15) is 0 Å². The minimum Gasteiger partial charge on any atom is -0.444 e. The second-order valence-corrected chi connectivity index (χ2v) is 6.14. The van der Waals surface area contributed by atoms with Gasteiger partial charge in [0, 0.05) is 25.0 Å². The Balaban J connectivity index is 2.12. The molecule has 0 unspecified atom stereocenters. The van der Waals surface area contributed by atoms with E-state index in [9.17, 15) is 14.9 Å². The van der Waals surface area contributed by atoms with Gasteiger partial charge in [0.1, 0.15) is 5.60 Å². The zero-order valence-electron chi connectivity index (χ0n) is 13.8. The lowest BCUT2D eigenvalue weighted by molar-refractivity contribution is -0.383. The molecule has 1 aromatic heterocycles. The normalized spacial score (nSPS) is 11.6. The van der Waals surface area contributed by atoms with Crippen molar-refractivity contribution >= 4 is 28.6 Å². The molecule has 1 heterocycles. The molecular weight excluding hydrogens is 310 g/mol. The molecule has 0 saturated carbocycles. The van der Waals surface area contributed by atoms with Crippen molar-refractivity contribution in [3.05, 3.63) is 52.3 Å². The van der Waals surface area contributed by atoms with Crippen LogP contribution in [0.3, 0.4) is 0 Å². The summed E-state index contributed by atoms with van der Waals surface area (Å²) in [5.41, 5.74) is 0.279. The smallest absolute Gasteiger partial charge is 0.407 e. The summed E-state index contributed by atoms with van der Waals surface area (Å²) in [7, 11) is 0. The van der Waals surface area contributed by atoms with Crippen LogP contribution in [0.15, 0.2) is 36.7 Å². The Hall–Kier alpha value is -2.96. The molecule has 0 bridgehead atoms. The van der Waals surface area contributed by atoms with E-state index >= 15 is 0 Å². The minimum absolute atomic E-state index is 0.0159. The highest BCUT2D eigenvalue weighted by molar-refractivity contribution is 5.96. The molecule has 0 aliphatic rings. The molecule has 1 N–H and O–H groups in total. The number of alkyl carbamates (subject to hydrolysis) is 1. The summed E-state index contributed by atoms with van der Waals surface area (Å²) >= 11 is 0. The maximum Gasteiger partial charge on any atom is 0.407 e. The summed E-state index contributed by atoms with van der Waals surface area (Å²) in [6, 6.07) is 4.85. The van der Waals surface area contributed by atoms with Gasteiger partial charge in [-0.15, -0.1) is 0 Å². The minimum atomic E-state index is -0.546. The maximum absolute atomic E-state index is 11.6. The van der Waals surface area contributed by atoms with Crippen LogP contribution in [-0.2, 0) is 4.74 Å². The Morgan fingerprint density at radius 1 is 1.33 bits per heavy atom. The van der Waals surface area contributed by atoms with Crippen LogP contribution >= 0.6 is 0 Å². The highest BCUT2D eigenvalue weighted by Gasteiger charge is 2.15. The molecule has 24 heavy (non-hydrogen) atoms. The topological polar surface area (TPSA) is 94.4 Å². The number of benzene rings is 1. The van der Waals surface area contributed by atoms with Gasteiger partial charge in [0.2, 0.25) is 0 Å². The summed E-state index contributed by atoms with van der Waals surface area (Å²) in [5, 5.41) is 14.9. The van der Waals surface area contributed by atoms with E-state index in [0.29, 0.717) is 11.9 Å². The van der Waals surface area contributed by atoms with Crippen LogP contribution in [0, 0.1) is 10.1 Å². The van der Waals surface area contributed by atoms with Crippen molar-refractivity contribution in [1.29, 1.82) is 0 Å². The average Bonchev–Trinajstić information content (AvgIpc) is 2.49. The first-order valence-corrected chi connectivity index (χ1v) is 7.42. The molecule has 1 aromatic carbocycles. The molecule has 0 aliphatic heterocycles. The number of pyridine rings is 1. The molecule has 0 atom stereocenters. The number of hydrogen-bond acceptors (Lipinski definition) is 5. The quantitative estimate of drug-likeness (QED) is 0.682. The van der Waals surface area contributed by atoms with Crippen LogP contribution in [0.4, 0.5) is 10.5 Å². The first-order chi connectivity index (χ1) is 11.3. The Morgan fingerprint density at radius 2 is 2.08 bits per heavy atom. The van der Waals surface area contributed by atoms with E-state index in [1.807, 2.05) is 0 Å². The third-order valence-electron chi connectivity index (χ3n) is 3.09. The fraction of sp³-hybridized carbons (Fsp3) is 0.294. The van der Waals surface area contributed by atoms with Crippen molar-refractivity contribution in [3.63, 3.8) is 0 Å². The lowest BCUT2D eigenvalue weighted by Crippen LogP contribution is -2.32. The average molecular weight is 329 g/mol. The molecule has 0 spiro atoms. The molecule has 1 amide bonds. The van der Waals surface area contributed by atoms with E-state index in [1.165, 1.54) is 12.3 Å². The van der Waals surface area contributed by atoms with Crippen LogP contribution < -0.4 is 5.32 Å². The zero-order chi connectivity index (χ0) is 17.7. The molecule has 7 heteroatoms. The van der Waals surface area contributed by atoms with Gasteiger partial charge in [-0.05, 0) is 43.9 Å². The molecule has 0 fully saturated rings. The van der Waals surface area contributed by atoms with Crippen molar-refractivity contribution < 1.29 is 14.5 Å². The fourth-order valence-corrected chi connectivity index (χ4v) is 2.15. The van der Waals surface area contributed by atoms with Gasteiger partial charge in [-0.25, -0.2) is 4.79 Å². The van der Waals surface area contributed by atoms with E-state index in [0.717, 1.165) is 10.9 Å². The molecule has 0 radical (unpaired) electrons. The number of rotatable bonds is 4. The summed E-state index contributed by atoms with van der Waals surface area (Å²) < 4.78 is 5.14. The monoisotopic (exact) mass is 329 g/mol. The van der Waals surface area contributed by atoms with E-state index in [1.54, 1.807) is 51.3 Å². The van der Waals surface area contributed by atoms with Crippen molar-refractivity contribution in [1.82, 2.24) is 10.3 Å². The largest absolute Gasteiger partial charge is 0.444 e. The summed E-state index contributed by atoms with van der Waals surface area (Å²) in [6.07, 6.45) is 6.12. The molecule has 7 nitrogen and oxygen atoms in total. The Morgan fingerprint density at radius 3 is 2.75 bits per heavy atom. The number of fused-ring (bicyclic) bond motifs is 1. The standard InChI is InChI=1S/C17H19N3O4/c1-17(2,3)24-16(21)19-9-4-5-12-6-7-15(20(22)23)14-11-18-10-8-13(12)14/h4-8,10-11H,9H2,1-3H3,(H,19,21). The SMILES string of the molecule is CC(C)(C)OC(=O)NCC=Cc1ccc([N+](=O)[O-])c2cnccc12. The van der Waals surface area contributed by atoms with Crippen LogP contribution in [0.1, 0.15) is 26.3 Å². The predicted molar refractivity (Wildman–Crippen MR) is 91.7 cm³/mol. The second kappa shape index (κ2) is 7.08. The number of nitrogens with one attached hydrogen (secondary N) is 1. The van der Waals surface area contributed by atoms with Crippen molar-refractivity contribution in [2.75, 3.05) is 6.54 Å². The van der Waals surface area contributed by atoms with Gasteiger partial charge in [0.05, 0.1) is 10.3 Å². The first-order valence-electron chi connectivity index (χ1n) is 7.42. The van der Waals surface area contributed by atoms with Gasteiger partial charge in [0.15, 0.2) is 0 Å². The number of aromatic nitrogens is 1. The summed E-state index contributed by atoms with van der Waals surface area (Å²) in [5.74, 6) is 0. The molecule has 2 rings (SSSR count). The number of ether oxygens (including phenoxy) is 1. The third kappa shape index (κ3) is 4.52. The number of nitro benzene ring substituents is 1. The van der Waals surface area contributed by atoms with Crippen molar-refractivity contribution in [3.8, 4) is 0 Å². The van der Waals surface area contributed by atoms with Crippen LogP contribution in [0.2, 0.25) is 0 Å². The highest BCUT2D eigenvalue weighted by atomic mass is 16.6. The van der Waals surface area contributed by atoms with Gasteiger partial charge in [-0.3, -0.25) is 15.1 Å². The second-order valence-electron chi connectivity index (χ2n) is 6.14.